The van der Waals surface area contributed by atoms with Gasteiger partial charge < -0.3 is 10.2 Å². The normalized spacial score (nSPS) is 11.8. The van der Waals surface area contributed by atoms with Gasteiger partial charge in [-0.25, -0.2) is 4.39 Å². The molecule has 0 radical (unpaired) electrons. The molecule has 126 valence electrons. The van der Waals surface area contributed by atoms with Crippen molar-refractivity contribution in [3.63, 3.8) is 0 Å². The van der Waals surface area contributed by atoms with Gasteiger partial charge in [-0.05, 0) is 12.1 Å². The highest BCUT2D eigenvalue weighted by atomic mass is 35.5. The van der Waals surface area contributed by atoms with Gasteiger partial charge in [0.25, 0.3) is 11.6 Å². The number of nitro benzene ring substituents is 1. The van der Waals surface area contributed by atoms with Gasteiger partial charge >= 0.3 is 0 Å². The van der Waals surface area contributed by atoms with Crippen molar-refractivity contribution in [1.82, 2.24) is 0 Å². The van der Waals surface area contributed by atoms with Crippen molar-refractivity contribution in [1.29, 1.82) is 0 Å². The summed E-state index contributed by atoms with van der Waals surface area (Å²) in [6.45, 7) is 0.399. The van der Waals surface area contributed by atoms with Crippen LogP contribution < -0.4 is 10.2 Å². The zero-order chi connectivity index (χ0) is 17.7. The Hall–Kier alpha value is -2.51. The molecule has 2 N–H and O–H groups in total. The molecule has 0 bridgehead atoms. The molecule has 0 fully saturated rings. The molecule has 2 aromatic carbocycles. The molecular formula is C16H16ClFN3O3+. The molecule has 1 atom stereocenters. The molecule has 2 aromatic rings. The smallest absolute Gasteiger partial charge is 0.279 e. The predicted molar refractivity (Wildman–Crippen MR) is 88.6 cm³/mol. The van der Waals surface area contributed by atoms with Crippen molar-refractivity contribution >= 4 is 28.9 Å². The lowest BCUT2D eigenvalue weighted by Gasteiger charge is -2.14. The summed E-state index contributed by atoms with van der Waals surface area (Å²) in [7, 11) is 1.75. The maximum atomic E-state index is 13.6. The van der Waals surface area contributed by atoms with Gasteiger partial charge in [0.15, 0.2) is 6.54 Å². The topological polar surface area (TPSA) is 76.7 Å². The first kappa shape index (κ1) is 17.8. The van der Waals surface area contributed by atoms with Crippen molar-refractivity contribution in [3.8, 4) is 0 Å². The number of nitrogens with one attached hydrogen (secondary N) is 2. The van der Waals surface area contributed by atoms with E-state index in [9.17, 15) is 19.3 Å². The zero-order valence-electron chi connectivity index (χ0n) is 12.9. The second-order valence-corrected chi connectivity index (χ2v) is 5.78. The van der Waals surface area contributed by atoms with Crippen molar-refractivity contribution in [2.45, 2.75) is 6.54 Å². The third-order valence-corrected chi connectivity index (χ3v) is 3.68. The van der Waals surface area contributed by atoms with Crippen LogP contribution in [0.2, 0.25) is 5.02 Å². The number of carbonyl (C=O) groups is 1. The Morgan fingerprint density at radius 1 is 1.33 bits per heavy atom. The average molecular weight is 353 g/mol. The Morgan fingerprint density at radius 3 is 2.71 bits per heavy atom. The quantitative estimate of drug-likeness (QED) is 0.617. The molecule has 0 aliphatic rings. The fraction of sp³-hybridized carbons (Fsp3) is 0.188. The molecule has 6 nitrogen and oxygen atoms in total. The highest BCUT2D eigenvalue weighted by molar-refractivity contribution is 6.33. The molecule has 24 heavy (non-hydrogen) atoms. The highest BCUT2D eigenvalue weighted by Crippen LogP contribution is 2.26. The molecule has 0 spiro atoms. The minimum absolute atomic E-state index is 0.0629. The third-order valence-electron chi connectivity index (χ3n) is 3.35. The number of amides is 1. The molecule has 8 heteroatoms. The molecule has 0 saturated carbocycles. The van der Waals surface area contributed by atoms with Crippen LogP contribution in [-0.4, -0.2) is 24.4 Å². The van der Waals surface area contributed by atoms with E-state index in [2.05, 4.69) is 5.32 Å². The number of nitro groups is 1. The second-order valence-electron chi connectivity index (χ2n) is 5.37. The van der Waals surface area contributed by atoms with Gasteiger partial charge in [-0.2, -0.15) is 0 Å². The van der Waals surface area contributed by atoms with E-state index in [4.69, 9.17) is 11.6 Å². The van der Waals surface area contributed by atoms with Crippen LogP contribution in [0.15, 0.2) is 42.5 Å². The van der Waals surface area contributed by atoms with Crippen LogP contribution in [0.1, 0.15) is 5.56 Å². The summed E-state index contributed by atoms with van der Waals surface area (Å²) in [6, 6.07) is 10.2. The van der Waals surface area contributed by atoms with Crippen LogP contribution in [-0.2, 0) is 11.3 Å². The van der Waals surface area contributed by atoms with Crippen LogP contribution in [0, 0.1) is 15.9 Å². The molecule has 0 aliphatic heterocycles. The SMILES string of the molecule is C[NH+](CC(=O)Nc1cc([N+](=O)[O-])ccc1Cl)Cc1ccccc1F. The summed E-state index contributed by atoms with van der Waals surface area (Å²) in [5, 5.41) is 13.5. The van der Waals surface area contributed by atoms with E-state index in [-0.39, 0.29) is 34.7 Å². The molecular weight excluding hydrogens is 337 g/mol. The number of non-ortho nitro benzene ring substituents is 1. The summed E-state index contributed by atoms with van der Waals surface area (Å²) < 4.78 is 13.6. The lowest BCUT2D eigenvalue weighted by Crippen LogP contribution is -3.08. The Kier molecular flexibility index (Phi) is 5.83. The average Bonchev–Trinajstić information content (AvgIpc) is 2.51. The monoisotopic (exact) mass is 352 g/mol. The first-order chi connectivity index (χ1) is 11.4. The molecule has 1 unspecified atom stereocenters. The lowest BCUT2D eigenvalue weighted by atomic mass is 10.2. The Labute approximate surface area is 143 Å². The van der Waals surface area contributed by atoms with E-state index in [1.807, 2.05) is 0 Å². The Morgan fingerprint density at radius 2 is 2.04 bits per heavy atom. The summed E-state index contributed by atoms with van der Waals surface area (Å²) >= 11 is 5.94. The zero-order valence-corrected chi connectivity index (χ0v) is 13.6. The van der Waals surface area contributed by atoms with Crippen LogP contribution in [0.5, 0.6) is 0 Å². The summed E-state index contributed by atoms with van der Waals surface area (Å²) in [5.74, 6) is -0.690. The van der Waals surface area contributed by atoms with Crippen LogP contribution in [0.3, 0.4) is 0 Å². The van der Waals surface area contributed by atoms with Gasteiger partial charge in [-0.1, -0.05) is 29.8 Å². The minimum Gasteiger partial charge on any atom is -0.326 e. The van der Waals surface area contributed by atoms with E-state index in [0.717, 1.165) is 4.90 Å². The number of quaternary nitrogens is 1. The van der Waals surface area contributed by atoms with E-state index in [1.165, 1.54) is 24.3 Å². The largest absolute Gasteiger partial charge is 0.326 e. The summed E-state index contributed by atoms with van der Waals surface area (Å²) in [4.78, 5) is 23.0. The van der Waals surface area contributed by atoms with Crippen molar-refractivity contribution in [3.05, 3.63) is 69.0 Å². The fourth-order valence-corrected chi connectivity index (χ4v) is 2.39. The first-order valence-electron chi connectivity index (χ1n) is 7.15. The van der Waals surface area contributed by atoms with Crippen LogP contribution in [0.25, 0.3) is 0 Å². The number of rotatable bonds is 6. The number of hydrogen-bond acceptors (Lipinski definition) is 3. The Bertz CT molecular complexity index is 770. The Balaban J connectivity index is 1.99. The standard InChI is InChI=1S/C16H15ClFN3O3/c1-20(9-11-4-2-3-5-14(11)18)10-16(22)19-15-8-12(21(23)24)6-7-13(15)17/h2-8H,9-10H2,1H3,(H,19,22)/p+1. The molecule has 0 aromatic heterocycles. The van der Waals surface area contributed by atoms with E-state index < -0.39 is 4.92 Å². The highest BCUT2D eigenvalue weighted by Gasteiger charge is 2.16. The van der Waals surface area contributed by atoms with Crippen molar-refractivity contribution in [2.75, 3.05) is 18.9 Å². The van der Waals surface area contributed by atoms with Gasteiger partial charge in [0, 0.05) is 17.7 Å². The van der Waals surface area contributed by atoms with Gasteiger partial charge in [0.05, 0.1) is 22.7 Å². The van der Waals surface area contributed by atoms with E-state index >= 15 is 0 Å². The van der Waals surface area contributed by atoms with Gasteiger partial charge in [0.2, 0.25) is 0 Å². The first-order valence-corrected chi connectivity index (χ1v) is 7.53. The summed E-state index contributed by atoms with van der Waals surface area (Å²) in [6.07, 6.45) is 0. The van der Waals surface area contributed by atoms with Crippen LogP contribution >= 0.6 is 11.6 Å². The number of hydrogen-bond donors (Lipinski definition) is 2. The number of halogens is 2. The van der Waals surface area contributed by atoms with Gasteiger partial charge in [-0.15, -0.1) is 0 Å². The maximum absolute atomic E-state index is 13.6. The number of benzene rings is 2. The summed E-state index contributed by atoms with van der Waals surface area (Å²) in [5.41, 5.74) is 0.521. The van der Waals surface area contributed by atoms with Gasteiger partial charge in [0.1, 0.15) is 12.4 Å². The number of likely N-dealkylation sites (N-methyl/N-ethyl adjacent to an activating group) is 1. The fourth-order valence-electron chi connectivity index (χ4n) is 2.22. The van der Waals surface area contributed by atoms with Crippen molar-refractivity contribution < 1.29 is 19.0 Å². The molecule has 1 amide bonds. The number of anilines is 1. The maximum Gasteiger partial charge on any atom is 0.279 e. The predicted octanol–water partition coefficient (Wildman–Crippen LogP) is 2.04. The van der Waals surface area contributed by atoms with Crippen molar-refractivity contribution in [2.24, 2.45) is 0 Å². The molecule has 0 aliphatic carbocycles. The van der Waals surface area contributed by atoms with Crippen LogP contribution in [0.4, 0.5) is 15.8 Å². The second kappa shape index (κ2) is 7.85. The molecule has 0 heterocycles. The number of nitrogens with zero attached hydrogens (tertiary/aromatic N) is 1. The third kappa shape index (κ3) is 4.74. The minimum atomic E-state index is -0.568. The van der Waals surface area contributed by atoms with Gasteiger partial charge in [-0.3, -0.25) is 14.9 Å². The molecule has 0 saturated heterocycles. The lowest BCUT2D eigenvalue weighted by molar-refractivity contribution is -0.885. The molecule has 2 rings (SSSR count). The van der Waals surface area contributed by atoms with E-state index in [0.29, 0.717) is 12.1 Å². The number of carbonyl (C=O) groups excluding carboxylic acids is 1. The van der Waals surface area contributed by atoms with E-state index in [1.54, 1.807) is 25.2 Å².